The molecule has 43 nitrogen and oxygen atoms in total. The Balaban J connectivity index is 0.898. The Morgan fingerprint density at radius 1 is 0.545 bits per heavy atom. The summed E-state index contributed by atoms with van der Waals surface area (Å²) in [5.74, 6) is -15.0. The highest BCUT2D eigenvalue weighted by atomic mass is 16.5. The molecule has 0 unspecified atom stereocenters. The zero-order chi connectivity index (χ0) is 97.6. The molecule has 0 radical (unpaired) electrons. The molecule has 724 valence electrons. The minimum absolute atomic E-state index is 0.0101. The lowest BCUT2D eigenvalue weighted by atomic mass is 9.99. The normalized spacial score (nSPS) is 20.0. The number of fused-ring (bicyclic) bond motifs is 4. The van der Waals surface area contributed by atoms with Crippen molar-refractivity contribution in [2.75, 3.05) is 139 Å². The van der Waals surface area contributed by atoms with Crippen molar-refractivity contribution < 1.29 is 110 Å². The number of hydrogen-bond acceptors (Lipinski definition) is 25. The maximum absolute atomic E-state index is 15.5. The molecule has 134 heavy (non-hydrogen) atoms. The number of imide groups is 1. The van der Waals surface area contributed by atoms with Crippen LogP contribution in [0.3, 0.4) is 0 Å². The van der Waals surface area contributed by atoms with Gasteiger partial charge in [-0.3, -0.25) is 86.4 Å². The predicted molar refractivity (Wildman–Crippen MR) is 484 cm³/mol. The lowest BCUT2D eigenvalue weighted by Gasteiger charge is -2.37. The third-order valence-electron chi connectivity index (χ3n) is 23.1. The van der Waals surface area contributed by atoms with E-state index >= 15 is 9.59 Å². The quantitative estimate of drug-likeness (QED) is 0.0196. The van der Waals surface area contributed by atoms with Crippen LogP contribution >= 0.6 is 0 Å². The van der Waals surface area contributed by atoms with Crippen LogP contribution in [0.25, 0.3) is 21.8 Å². The number of ether oxygens (including phenoxy) is 4. The number of carbonyl (C=O) groups is 18. The number of primary amides is 1. The van der Waals surface area contributed by atoms with Crippen molar-refractivity contribution in [1.82, 2.24) is 92.1 Å². The molecular weight excluding hydrogens is 1740 g/mol. The molecule has 0 aliphatic carbocycles. The third-order valence-corrected chi connectivity index (χ3v) is 23.1. The molecule has 3 aromatic carbocycles. The fourth-order valence-electron chi connectivity index (χ4n) is 15.7. The molecular formula is C91H122N20O23. The minimum atomic E-state index is -1.72. The summed E-state index contributed by atoms with van der Waals surface area (Å²) in [7, 11) is 5.22. The summed E-state index contributed by atoms with van der Waals surface area (Å²) in [6, 6.07) is 10.9. The van der Waals surface area contributed by atoms with Gasteiger partial charge in [0.15, 0.2) is 17.1 Å². The number of piperidine rings is 2. The first kappa shape index (κ1) is 104. The Morgan fingerprint density at radius 3 is 1.52 bits per heavy atom. The van der Waals surface area contributed by atoms with Crippen LogP contribution in [0.2, 0.25) is 0 Å². The second-order valence-electron chi connectivity index (χ2n) is 34.0. The van der Waals surface area contributed by atoms with E-state index in [0.717, 1.165) is 24.5 Å². The van der Waals surface area contributed by atoms with Crippen LogP contribution in [0, 0.1) is 17.8 Å². The Kier molecular flexibility index (Phi) is 38.9. The van der Waals surface area contributed by atoms with Crippen LogP contribution in [-0.2, 0) is 92.7 Å². The SMILES string of the molecule is CC(C)[C@H](NC(=O)CCOCCOCCOCCN1C(=O)C=CC1=O)C(=O)N[C@@H](CCCNC(N)=O)C(=O)Nc1ccc(COc2cc3ccccc3nc2C(=O)N[C@@H]2CNC(=O)[C@H](C(C)C)N(C)C(=O)CN(C)C(=O)CNC(=O)[C@@H]3CCCCN3C(=O)[C@H](NC(=O)c3nc4ccccc4cc3O)CNC(=O)[C@H](C(C)C)N(C)C(=O)CN(C)C(=O)CNC(=O)[C@@H]3CCCCN3C2=O)cc1. The highest BCUT2D eigenvalue weighted by Crippen LogP contribution is 2.29. The van der Waals surface area contributed by atoms with Gasteiger partial charge in [0.2, 0.25) is 76.8 Å². The fraction of sp³-hybridized carbons (Fsp3) is 0.516. The highest BCUT2D eigenvalue weighted by Gasteiger charge is 2.43. The maximum Gasteiger partial charge on any atom is 0.312 e. The standard InChI is InChI=1S/C91H122N20O23/c1-53(2)76(104-69(113)33-38-131-40-42-133-43-41-132-39-37-111-70(114)31-32-71(111)115)84(123)101-62(24-19-34-93-91(92)130)81(120)98-59-29-27-56(28-30-59)52-134-68-45-58-21-12-14-23-61(58)100-78(68)86(125)103-64-47-95-88(127)80(55(5)6)108(10)75(119)51-106(8)72(116)48-96-82(121)65-25-15-17-35-109(65)89(128)63(102-85(124)77-67(112)44-57-20-11-13-22-60(57)99-77)46-94-87(126)79(54(3)4)107(9)74(118)50-105(7)73(117)49-97-83(122)66-26-16-18-36-110(66)90(64)129/h11-14,20-23,27-32,44-45,53-55,62-66,76,79-80,112H,15-19,24-26,33-43,46-52H2,1-10H3,(H,94,126)(H,95,127)(H,96,121)(H,97,122)(H,98,120)(H,101,123)(H,102,124)(H,103,125)(H,104,113)(H3,92,93,130)/t62-,63+,64+,65-,66-,76-,79-,80-/m0/s1. The van der Waals surface area contributed by atoms with Crippen LogP contribution in [0.1, 0.15) is 126 Å². The lowest BCUT2D eigenvalue weighted by Crippen LogP contribution is -2.61. The topological polar surface area (TPSA) is 559 Å². The van der Waals surface area contributed by atoms with Gasteiger partial charge in [-0.25, -0.2) is 14.8 Å². The summed E-state index contributed by atoms with van der Waals surface area (Å²) >= 11 is 0. The Bertz CT molecular complexity index is 5130. The number of nitrogens with one attached hydrogen (secondary N) is 10. The Morgan fingerprint density at radius 2 is 1.02 bits per heavy atom. The molecule has 3 fully saturated rings. The highest BCUT2D eigenvalue weighted by molar-refractivity contribution is 6.13. The van der Waals surface area contributed by atoms with Gasteiger partial charge in [0, 0.05) is 95.9 Å². The molecule has 43 heteroatoms. The first-order valence-corrected chi connectivity index (χ1v) is 44.6. The summed E-state index contributed by atoms with van der Waals surface area (Å²) in [6.45, 7) is 6.69. The summed E-state index contributed by atoms with van der Waals surface area (Å²) in [4.78, 5) is 268. The molecule has 9 rings (SSSR count). The molecule has 13 N–H and O–H groups in total. The van der Waals surface area contributed by atoms with Gasteiger partial charge < -0.3 is 112 Å². The molecule has 3 saturated heterocycles. The monoisotopic (exact) mass is 1860 g/mol. The molecule has 19 amide bonds. The van der Waals surface area contributed by atoms with E-state index in [9.17, 15) is 81.8 Å². The zero-order valence-electron chi connectivity index (χ0n) is 77.0. The molecule has 0 saturated carbocycles. The molecule has 5 aromatic rings. The van der Waals surface area contributed by atoms with Gasteiger partial charge in [0.05, 0.1) is 83.4 Å². The van der Waals surface area contributed by atoms with Crippen LogP contribution in [0.4, 0.5) is 10.5 Å². The number of carbonyl (C=O) groups excluding carboxylic acids is 18. The molecule has 4 aliphatic heterocycles. The van der Waals surface area contributed by atoms with Crippen molar-refractivity contribution in [2.24, 2.45) is 23.5 Å². The van der Waals surface area contributed by atoms with Crippen molar-refractivity contribution >= 4 is 134 Å². The van der Waals surface area contributed by atoms with Gasteiger partial charge in [0.25, 0.3) is 23.6 Å². The smallest absolute Gasteiger partial charge is 0.312 e. The zero-order valence-corrected chi connectivity index (χ0v) is 77.0. The molecule has 8 atom stereocenters. The van der Waals surface area contributed by atoms with Gasteiger partial charge >= 0.3 is 6.03 Å². The summed E-state index contributed by atoms with van der Waals surface area (Å²) in [5, 5.41) is 38.7. The van der Waals surface area contributed by atoms with E-state index in [0.29, 0.717) is 53.1 Å². The second-order valence-corrected chi connectivity index (χ2v) is 34.0. The fourth-order valence-corrected chi connectivity index (χ4v) is 15.7. The van der Waals surface area contributed by atoms with Crippen LogP contribution in [0.15, 0.2) is 97.1 Å². The molecule has 6 heterocycles. The number of anilines is 1. The number of likely N-dealkylation sites (N-methyl/N-ethyl adjacent to an activating group) is 4. The number of aromatic nitrogens is 2. The number of pyridine rings is 2. The number of urea groups is 1. The second kappa shape index (κ2) is 50.1. The van der Waals surface area contributed by atoms with Crippen molar-refractivity contribution in [2.45, 2.75) is 154 Å². The maximum atomic E-state index is 15.5. The van der Waals surface area contributed by atoms with E-state index in [1.54, 1.807) is 120 Å². The average Bonchev–Trinajstić information content (AvgIpc) is 0.858. The van der Waals surface area contributed by atoms with Crippen molar-refractivity contribution in [3.05, 3.63) is 114 Å². The van der Waals surface area contributed by atoms with E-state index in [1.807, 2.05) is 0 Å². The minimum Gasteiger partial charge on any atom is -0.505 e. The van der Waals surface area contributed by atoms with Crippen molar-refractivity contribution in [3.63, 3.8) is 0 Å². The van der Waals surface area contributed by atoms with E-state index in [1.165, 1.54) is 56.2 Å². The molecule has 0 bridgehead atoms. The Labute approximate surface area is 774 Å². The molecule has 2 aromatic heterocycles. The first-order chi connectivity index (χ1) is 63.9. The number of rotatable bonds is 31. The van der Waals surface area contributed by atoms with Gasteiger partial charge in [-0.1, -0.05) is 90.1 Å². The number of hydrogen-bond donors (Lipinski definition) is 12. The average molecular weight is 1860 g/mol. The molecule has 0 spiro atoms. The lowest BCUT2D eigenvalue weighted by molar-refractivity contribution is -0.146. The van der Waals surface area contributed by atoms with Gasteiger partial charge in [-0.2, -0.15) is 0 Å². The number of nitrogens with zero attached hydrogens (tertiary/aromatic N) is 9. The number of para-hydroxylation sites is 2. The van der Waals surface area contributed by atoms with Gasteiger partial charge in [-0.05, 0) is 111 Å². The van der Waals surface area contributed by atoms with E-state index < -0.39 is 223 Å². The predicted octanol–water partition coefficient (Wildman–Crippen LogP) is -0.535. The summed E-state index contributed by atoms with van der Waals surface area (Å²) in [5.41, 5.74) is 5.91. The largest absolute Gasteiger partial charge is 0.505 e. The number of amides is 19. The summed E-state index contributed by atoms with van der Waals surface area (Å²) in [6.07, 6.45) is 4.21. The van der Waals surface area contributed by atoms with Crippen LogP contribution in [0.5, 0.6) is 11.5 Å². The third kappa shape index (κ3) is 29.3. The van der Waals surface area contributed by atoms with E-state index in [2.05, 4.69) is 58.2 Å². The van der Waals surface area contributed by atoms with Crippen LogP contribution < -0.4 is 63.6 Å². The Hall–Kier alpha value is -13.8. The van der Waals surface area contributed by atoms with E-state index in [-0.39, 0.29) is 122 Å². The number of aromatic hydroxyl groups is 1. The first-order valence-electron chi connectivity index (χ1n) is 44.6. The molecule has 4 aliphatic rings. The summed E-state index contributed by atoms with van der Waals surface area (Å²) < 4.78 is 22.9. The van der Waals surface area contributed by atoms with Crippen molar-refractivity contribution in [3.8, 4) is 11.5 Å². The number of benzene rings is 3. The van der Waals surface area contributed by atoms with Crippen molar-refractivity contribution in [1.29, 1.82) is 0 Å². The van der Waals surface area contributed by atoms with E-state index in [4.69, 9.17) is 29.7 Å². The number of nitrogens with two attached hydrogens (primary N) is 1. The van der Waals surface area contributed by atoms with Gasteiger partial charge in [-0.15, -0.1) is 0 Å². The van der Waals surface area contributed by atoms with Crippen LogP contribution in [-0.4, -0.2) is 337 Å². The van der Waals surface area contributed by atoms with Gasteiger partial charge in [0.1, 0.15) is 60.7 Å².